The van der Waals surface area contributed by atoms with E-state index in [0.29, 0.717) is 0 Å². The van der Waals surface area contributed by atoms with Gasteiger partial charge in [-0.05, 0) is 53.4 Å². The summed E-state index contributed by atoms with van der Waals surface area (Å²) in [6, 6.07) is 0. The lowest BCUT2D eigenvalue weighted by atomic mass is 10.2. The van der Waals surface area contributed by atoms with Crippen molar-refractivity contribution < 1.29 is 9.16 Å². The molecule has 0 N–H and O–H groups in total. The maximum atomic E-state index is 5.88. The Morgan fingerprint density at radius 3 is 1.93 bits per heavy atom. The van der Waals surface area contributed by atoms with Crippen LogP contribution in [0.25, 0.3) is 0 Å². The standard InChI is InChI=1S/C11H24O2Si/c1-8-9-10(12-11(2,3)4)13-14(5,6)7/h8-10H,1-7H3. The first-order chi connectivity index (χ1) is 6.14. The van der Waals surface area contributed by atoms with E-state index in [4.69, 9.17) is 9.16 Å². The predicted octanol–water partition coefficient (Wildman–Crippen LogP) is 3.56. The third-order valence-corrected chi connectivity index (χ3v) is 2.23. The van der Waals surface area contributed by atoms with E-state index >= 15 is 0 Å². The first-order valence-corrected chi connectivity index (χ1v) is 8.53. The Hall–Kier alpha value is -0.123. The lowest BCUT2D eigenvalue weighted by Gasteiger charge is -2.30. The molecule has 0 aliphatic carbocycles. The molecule has 84 valence electrons. The summed E-state index contributed by atoms with van der Waals surface area (Å²) in [5.74, 6) is 0. The summed E-state index contributed by atoms with van der Waals surface area (Å²) >= 11 is 0. The maximum absolute atomic E-state index is 5.88. The van der Waals surface area contributed by atoms with Crippen LogP contribution in [-0.2, 0) is 9.16 Å². The Bertz CT molecular complexity index is 170. The van der Waals surface area contributed by atoms with E-state index in [0.717, 1.165) is 0 Å². The molecule has 0 amide bonds. The maximum Gasteiger partial charge on any atom is 0.187 e. The van der Waals surface area contributed by atoms with Gasteiger partial charge >= 0.3 is 0 Å². The zero-order valence-electron chi connectivity index (χ0n) is 10.5. The molecule has 0 heterocycles. The average Bonchev–Trinajstić information content (AvgIpc) is 1.78. The zero-order valence-corrected chi connectivity index (χ0v) is 11.5. The average molecular weight is 216 g/mol. The summed E-state index contributed by atoms with van der Waals surface area (Å²) in [7, 11) is -1.53. The zero-order chi connectivity index (χ0) is 11.4. The summed E-state index contributed by atoms with van der Waals surface area (Å²) in [4.78, 5) is 0. The summed E-state index contributed by atoms with van der Waals surface area (Å²) in [5, 5.41) is 0. The van der Waals surface area contributed by atoms with Gasteiger partial charge in [0.1, 0.15) is 0 Å². The Balaban J connectivity index is 4.31. The van der Waals surface area contributed by atoms with Gasteiger partial charge in [0, 0.05) is 0 Å². The Kier molecular flexibility index (Phi) is 5.05. The van der Waals surface area contributed by atoms with Gasteiger partial charge in [-0.3, -0.25) is 0 Å². The molecule has 0 aliphatic rings. The molecule has 0 radical (unpaired) electrons. The molecule has 0 aromatic carbocycles. The van der Waals surface area contributed by atoms with Crippen molar-refractivity contribution in [2.75, 3.05) is 0 Å². The minimum Gasteiger partial charge on any atom is -0.390 e. The summed E-state index contributed by atoms with van der Waals surface area (Å²) < 4.78 is 11.7. The normalized spacial score (nSPS) is 16.2. The number of ether oxygens (including phenoxy) is 1. The van der Waals surface area contributed by atoms with Crippen molar-refractivity contribution >= 4 is 8.32 Å². The van der Waals surface area contributed by atoms with Crippen LogP contribution in [0.5, 0.6) is 0 Å². The second kappa shape index (κ2) is 5.10. The van der Waals surface area contributed by atoms with Crippen molar-refractivity contribution in [3.63, 3.8) is 0 Å². The van der Waals surface area contributed by atoms with Gasteiger partial charge in [-0.2, -0.15) is 0 Å². The number of hydrogen-bond donors (Lipinski definition) is 0. The highest BCUT2D eigenvalue weighted by molar-refractivity contribution is 6.69. The van der Waals surface area contributed by atoms with Crippen molar-refractivity contribution in [1.29, 1.82) is 0 Å². The molecular weight excluding hydrogens is 192 g/mol. The van der Waals surface area contributed by atoms with Crippen LogP contribution < -0.4 is 0 Å². The molecule has 2 nitrogen and oxygen atoms in total. The second-order valence-electron chi connectivity index (χ2n) is 5.35. The minimum absolute atomic E-state index is 0.163. The van der Waals surface area contributed by atoms with Gasteiger partial charge in [-0.15, -0.1) is 0 Å². The van der Waals surface area contributed by atoms with Gasteiger partial charge in [0.15, 0.2) is 14.6 Å². The van der Waals surface area contributed by atoms with Gasteiger partial charge in [-0.25, -0.2) is 0 Å². The van der Waals surface area contributed by atoms with Crippen LogP contribution in [0, 0.1) is 0 Å². The Morgan fingerprint density at radius 2 is 1.64 bits per heavy atom. The molecule has 1 unspecified atom stereocenters. The first-order valence-electron chi connectivity index (χ1n) is 5.12. The third-order valence-electron chi connectivity index (χ3n) is 1.29. The van der Waals surface area contributed by atoms with Crippen LogP contribution in [0.4, 0.5) is 0 Å². The Morgan fingerprint density at radius 1 is 1.14 bits per heavy atom. The van der Waals surface area contributed by atoms with Crippen LogP contribution in [0.2, 0.25) is 19.6 Å². The van der Waals surface area contributed by atoms with E-state index in [2.05, 4.69) is 19.6 Å². The quantitative estimate of drug-likeness (QED) is 0.406. The fraction of sp³-hybridized carbons (Fsp3) is 0.818. The molecule has 0 rings (SSSR count). The highest BCUT2D eigenvalue weighted by atomic mass is 28.4. The lowest BCUT2D eigenvalue weighted by Crippen LogP contribution is -2.36. The summed E-state index contributed by atoms with van der Waals surface area (Å²) in [5.41, 5.74) is -0.163. The molecule has 1 atom stereocenters. The van der Waals surface area contributed by atoms with Crippen LogP contribution in [-0.4, -0.2) is 20.2 Å². The minimum atomic E-state index is -1.53. The van der Waals surface area contributed by atoms with Crippen LogP contribution in [0.15, 0.2) is 12.2 Å². The molecular formula is C11H24O2Si. The van der Waals surface area contributed by atoms with Gasteiger partial charge < -0.3 is 9.16 Å². The summed E-state index contributed by atoms with van der Waals surface area (Å²) in [6.07, 6.45) is 3.73. The molecule has 0 spiro atoms. The van der Waals surface area contributed by atoms with Crippen LogP contribution in [0.3, 0.4) is 0 Å². The smallest absolute Gasteiger partial charge is 0.187 e. The van der Waals surface area contributed by atoms with Gasteiger partial charge in [0.05, 0.1) is 5.60 Å². The van der Waals surface area contributed by atoms with E-state index in [-0.39, 0.29) is 11.9 Å². The molecule has 0 saturated carbocycles. The van der Waals surface area contributed by atoms with Crippen molar-refractivity contribution in [2.24, 2.45) is 0 Å². The second-order valence-corrected chi connectivity index (χ2v) is 9.82. The van der Waals surface area contributed by atoms with Gasteiger partial charge in [0.25, 0.3) is 0 Å². The molecule has 0 saturated heterocycles. The van der Waals surface area contributed by atoms with Crippen molar-refractivity contribution in [3.05, 3.63) is 12.2 Å². The molecule has 0 aromatic heterocycles. The van der Waals surface area contributed by atoms with E-state index < -0.39 is 8.32 Å². The van der Waals surface area contributed by atoms with Crippen molar-refractivity contribution in [3.8, 4) is 0 Å². The first kappa shape index (κ1) is 13.9. The van der Waals surface area contributed by atoms with Gasteiger partial charge in [0.2, 0.25) is 0 Å². The molecule has 0 bridgehead atoms. The molecule has 0 aliphatic heterocycles. The van der Waals surface area contributed by atoms with E-state index in [9.17, 15) is 0 Å². The molecule has 3 heteroatoms. The third kappa shape index (κ3) is 8.47. The fourth-order valence-electron chi connectivity index (χ4n) is 0.957. The topological polar surface area (TPSA) is 18.5 Å². The number of allylic oxidation sites excluding steroid dienone is 1. The largest absolute Gasteiger partial charge is 0.390 e. The predicted molar refractivity (Wildman–Crippen MR) is 63.9 cm³/mol. The lowest BCUT2D eigenvalue weighted by molar-refractivity contribution is -0.128. The van der Waals surface area contributed by atoms with Crippen LogP contribution >= 0.6 is 0 Å². The highest BCUT2D eigenvalue weighted by Gasteiger charge is 2.23. The van der Waals surface area contributed by atoms with E-state index in [1.54, 1.807) is 0 Å². The Labute approximate surface area is 89.4 Å². The van der Waals surface area contributed by atoms with E-state index in [1.165, 1.54) is 0 Å². The van der Waals surface area contributed by atoms with Crippen molar-refractivity contribution in [2.45, 2.75) is 59.2 Å². The molecule has 0 aromatic rings. The molecule has 14 heavy (non-hydrogen) atoms. The fourth-order valence-corrected chi connectivity index (χ4v) is 1.78. The van der Waals surface area contributed by atoms with Gasteiger partial charge in [-0.1, -0.05) is 6.08 Å². The number of rotatable bonds is 4. The molecule has 0 fully saturated rings. The van der Waals surface area contributed by atoms with Crippen molar-refractivity contribution in [1.82, 2.24) is 0 Å². The highest BCUT2D eigenvalue weighted by Crippen LogP contribution is 2.16. The van der Waals surface area contributed by atoms with E-state index in [1.807, 2.05) is 39.8 Å². The monoisotopic (exact) mass is 216 g/mol. The SMILES string of the molecule is CC=CC(OC(C)(C)C)O[Si](C)(C)C. The summed E-state index contributed by atoms with van der Waals surface area (Å²) in [6.45, 7) is 14.6. The number of hydrogen-bond acceptors (Lipinski definition) is 2. The van der Waals surface area contributed by atoms with Crippen LogP contribution in [0.1, 0.15) is 27.7 Å².